The van der Waals surface area contributed by atoms with E-state index in [-0.39, 0.29) is 18.9 Å². The van der Waals surface area contributed by atoms with Crippen LogP contribution < -0.4 is 0 Å². The Hall–Kier alpha value is -2.48. The van der Waals surface area contributed by atoms with E-state index < -0.39 is 24.0 Å². The zero-order valence-electron chi connectivity index (χ0n) is 18.0. The third kappa shape index (κ3) is 4.48. The molecule has 0 N–H and O–H groups in total. The van der Waals surface area contributed by atoms with Crippen LogP contribution in [0, 0.1) is 6.92 Å². The van der Waals surface area contributed by atoms with Crippen LogP contribution in [-0.4, -0.2) is 58.3 Å². The van der Waals surface area contributed by atoms with Crippen molar-refractivity contribution < 1.29 is 18.7 Å². The number of thiazole rings is 1. The van der Waals surface area contributed by atoms with Crippen LogP contribution in [-0.2, 0) is 4.74 Å². The minimum absolute atomic E-state index is 0.0854. The summed E-state index contributed by atoms with van der Waals surface area (Å²) >= 11 is 1.43. The normalized spacial score (nSPS) is 19.5. The Kier molecular flexibility index (Phi) is 6.45. The van der Waals surface area contributed by atoms with E-state index in [1.165, 1.54) is 28.2 Å². The summed E-state index contributed by atoms with van der Waals surface area (Å²) in [7, 11) is 1.31. The molecule has 6 nitrogen and oxygen atoms in total. The second kappa shape index (κ2) is 8.71. The average molecular weight is 434 g/mol. The fourth-order valence-electron chi connectivity index (χ4n) is 3.83. The molecule has 30 heavy (non-hydrogen) atoms. The van der Waals surface area contributed by atoms with Gasteiger partial charge in [-0.2, -0.15) is 0 Å². The van der Waals surface area contributed by atoms with E-state index >= 15 is 0 Å². The van der Waals surface area contributed by atoms with Crippen LogP contribution in [0.15, 0.2) is 30.3 Å². The number of aromatic nitrogens is 1. The monoisotopic (exact) mass is 433 g/mol. The molecule has 0 bridgehead atoms. The Bertz CT molecular complexity index is 910. The number of carbonyl (C=O) groups excluding carboxylic acids is 2. The van der Waals surface area contributed by atoms with E-state index in [0.29, 0.717) is 12.1 Å². The quantitative estimate of drug-likeness (QED) is 0.692. The van der Waals surface area contributed by atoms with Crippen molar-refractivity contribution in [1.29, 1.82) is 0 Å². The predicted molar refractivity (Wildman–Crippen MR) is 115 cm³/mol. The Morgan fingerprint density at radius 1 is 1.23 bits per heavy atom. The van der Waals surface area contributed by atoms with Crippen LogP contribution in [0.25, 0.3) is 10.4 Å². The molecule has 0 aliphatic carbocycles. The number of ether oxygens (including phenoxy) is 1. The van der Waals surface area contributed by atoms with Crippen molar-refractivity contribution in [3.63, 3.8) is 0 Å². The third-order valence-electron chi connectivity index (χ3n) is 5.12. The van der Waals surface area contributed by atoms with Crippen molar-refractivity contribution in [2.24, 2.45) is 0 Å². The van der Waals surface area contributed by atoms with Gasteiger partial charge in [0.2, 0.25) is 0 Å². The molecule has 1 aliphatic heterocycles. The number of halogens is 1. The number of likely N-dealkylation sites (tertiary alicyclic amines) is 1. The molecule has 1 aromatic carbocycles. The van der Waals surface area contributed by atoms with Gasteiger partial charge >= 0.3 is 6.09 Å². The number of nitrogens with zero attached hydrogens (tertiary/aromatic N) is 3. The summed E-state index contributed by atoms with van der Waals surface area (Å²) in [6.07, 6.45) is -1.68. The number of hydrogen-bond donors (Lipinski definition) is 0. The van der Waals surface area contributed by atoms with E-state index in [0.717, 1.165) is 15.4 Å². The lowest BCUT2D eigenvalue weighted by Crippen LogP contribution is -2.62. The van der Waals surface area contributed by atoms with E-state index in [1.807, 2.05) is 58.0 Å². The SMILES string of the molecule is COC(=O)N(C1CCC(F)CN1C(=O)c1nc(C)sc1-c1ccccc1)C(C)(C)C. The van der Waals surface area contributed by atoms with Gasteiger partial charge in [-0.25, -0.2) is 14.2 Å². The largest absolute Gasteiger partial charge is 0.453 e. The van der Waals surface area contributed by atoms with Gasteiger partial charge in [0.05, 0.1) is 23.5 Å². The maximum Gasteiger partial charge on any atom is 0.411 e. The second-order valence-corrected chi connectivity index (χ2v) is 9.60. The topological polar surface area (TPSA) is 62.7 Å². The molecule has 2 heterocycles. The summed E-state index contributed by atoms with van der Waals surface area (Å²) in [5.41, 5.74) is 0.568. The number of rotatable bonds is 3. The van der Waals surface area contributed by atoms with Crippen molar-refractivity contribution in [2.75, 3.05) is 13.7 Å². The minimum atomic E-state index is -1.15. The lowest BCUT2D eigenvalue weighted by molar-refractivity contribution is -0.0333. The molecule has 8 heteroatoms. The highest BCUT2D eigenvalue weighted by Crippen LogP contribution is 2.34. The smallest absolute Gasteiger partial charge is 0.411 e. The van der Waals surface area contributed by atoms with Gasteiger partial charge in [-0.15, -0.1) is 11.3 Å². The summed E-state index contributed by atoms with van der Waals surface area (Å²) in [6.45, 7) is 7.37. The number of benzene rings is 1. The number of amides is 2. The number of hydrogen-bond acceptors (Lipinski definition) is 5. The zero-order valence-corrected chi connectivity index (χ0v) is 18.8. The minimum Gasteiger partial charge on any atom is -0.453 e. The number of carbonyl (C=O) groups is 2. The molecule has 2 amide bonds. The van der Waals surface area contributed by atoms with E-state index in [9.17, 15) is 14.0 Å². The standard InChI is InChI=1S/C22H28FN3O3S/c1-14-24-18(19(30-14)15-9-7-6-8-10-15)20(27)25-13-16(23)11-12-17(25)26(21(28)29-5)22(2,3)4/h6-10,16-17H,11-13H2,1-5H3. The summed E-state index contributed by atoms with van der Waals surface area (Å²) < 4.78 is 19.4. The number of methoxy groups -OCH3 is 1. The lowest BCUT2D eigenvalue weighted by atomic mass is 9.99. The van der Waals surface area contributed by atoms with E-state index in [2.05, 4.69) is 4.98 Å². The van der Waals surface area contributed by atoms with Gasteiger partial charge in [0.25, 0.3) is 5.91 Å². The van der Waals surface area contributed by atoms with E-state index in [1.54, 1.807) is 0 Å². The van der Waals surface area contributed by atoms with Gasteiger partial charge in [-0.1, -0.05) is 30.3 Å². The first kappa shape index (κ1) is 22.2. The van der Waals surface area contributed by atoms with Gasteiger partial charge in [-0.3, -0.25) is 9.69 Å². The van der Waals surface area contributed by atoms with Gasteiger partial charge in [0.1, 0.15) is 18.0 Å². The molecule has 0 saturated carbocycles. The summed E-state index contributed by atoms with van der Waals surface area (Å²) in [5, 5.41) is 0.753. The molecule has 0 spiro atoms. The Labute approximate surface area is 180 Å². The molecule has 1 fully saturated rings. The number of alkyl halides is 1. The first-order chi connectivity index (χ1) is 14.1. The van der Waals surface area contributed by atoms with Gasteiger partial charge < -0.3 is 9.64 Å². The van der Waals surface area contributed by atoms with Crippen molar-refractivity contribution in [1.82, 2.24) is 14.8 Å². The average Bonchev–Trinajstić information content (AvgIpc) is 3.10. The summed E-state index contributed by atoms with van der Waals surface area (Å²) in [5.74, 6) is -0.372. The molecular weight excluding hydrogens is 405 g/mol. The third-order valence-corrected chi connectivity index (χ3v) is 6.14. The fourth-order valence-corrected chi connectivity index (χ4v) is 4.75. The molecule has 1 aliphatic rings. The van der Waals surface area contributed by atoms with Crippen molar-refractivity contribution >= 4 is 23.3 Å². The van der Waals surface area contributed by atoms with Gasteiger partial charge in [-0.05, 0) is 46.1 Å². The molecule has 162 valence electrons. The number of aryl methyl sites for hydroxylation is 1. The van der Waals surface area contributed by atoms with Crippen molar-refractivity contribution in [3.8, 4) is 10.4 Å². The first-order valence-electron chi connectivity index (χ1n) is 9.98. The Morgan fingerprint density at radius 2 is 1.90 bits per heavy atom. The Balaban J connectivity index is 2.03. The molecular formula is C22H28FN3O3S. The van der Waals surface area contributed by atoms with Gasteiger partial charge in [0.15, 0.2) is 0 Å². The predicted octanol–water partition coefficient (Wildman–Crippen LogP) is 4.89. The molecule has 1 saturated heterocycles. The molecule has 1 aromatic heterocycles. The fraction of sp³-hybridized carbons (Fsp3) is 0.500. The second-order valence-electron chi connectivity index (χ2n) is 8.40. The van der Waals surface area contributed by atoms with Crippen LogP contribution in [0.5, 0.6) is 0 Å². The van der Waals surface area contributed by atoms with E-state index in [4.69, 9.17) is 4.74 Å². The molecule has 2 unspecified atom stereocenters. The Morgan fingerprint density at radius 3 is 2.50 bits per heavy atom. The van der Waals surface area contributed by atoms with Crippen LogP contribution in [0.3, 0.4) is 0 Å². The van der Waals surface area contributed by atoms with Crippen LogP contribution >= 0.6 is 11.3 Å². The first-order valence-corrected chi connectivity index (χ1v) is 10.8. The summed E-state index contributed by atoms with van der Waals surface area (Å²) in [4.78, 5) is 34.4. The highest BCUT2D eigenvalue weighted by Gasteiger charge is 2.43. The maximum atomic E-state index is 14.4. The highest BCUT2D eigenvalue weighted by atomic mass is 32.1. The zero-order chi connectivity index (χ0) is 22.1. The maximum absolute atomic E-state index is 14.4. The lowest BCUT2D eigenvalue weighted by Gasteiger charge is -2.47. The van der Waals surface area contributed by atoms with Crippen molar-refractivity contribution in [2.45, 2.75) is 58.4 Å². The molecule has 2 aromatic rings. The van der Waals surface area contributed by atoms with Crippen molar-refractivity contribution in [3.05, 3.63) is 41.0 Å². The number of piperidine rings is 1. The molecule has 3 rings (SSSR count). The highest BCUT2D eigenvalue weighted by molar-refractivity contribution is 7.15. The van der Waals surface area contributed by atoms with Crippen LogP contribution in [0.4, 0.5) is 9.18 Å². The summed E-state index contributed by atoms with van der Waals surface area (Å²) in [6, 6.07) is 9.55. The van der Waals surface area contributed by atoms with Crippen LogP contribution in [0.1, 0.15) is 49.1 Å². The van der Waals surface area contributed by atoms with Crippen LogP contribution in [0.2, 0.25) is 0 Å². The molecule has 2 atom stereocenters. The van der Waals surface area contributed by atoms with Gasteiger partial charge in [0, 0.05) is 5.54 Å². The molecule has 0 radical (unpaired) electrons.